The summed E-state index contributed by atoms with van der Waals surface area (Å²) in [6, 6.07) is 1.96. The molecule has 1 amide bonds. The van der Waals surface area contributed by atoms with E-state index >= 15 is 0 Å². The monoisotopic (exact) mass is 365 g/mol. The zero-order chi connectivity index (χ0) is 17.3. The molecule has 0 aromatic carbocycles. The van der Waals surface area contributed by atoms with E-state index in [-0.39, 0.29) is 17.7 Å². The van der Waals surface area contributed by atoms with Crippen molar-refractivity contribution in [1.29, 1.82) is 0 Å². The fourth-order valence-electron chi connectivity index (χ4n) is 2.81. The first-order chi connectivity index (χ1) is 11.5. The highest BCUT2D eigenvalue weighted by molar-refractivity contribution is 7.15. The van der Waals surface area contributed by atoms with Gasteiger partial charge in [-0.25, -0.2) is 15.0 Å². The maximum absolute atomic E-state index is 11.7. The minimum atomic E-state index is -0.0166. The van der Waals surface area contributed by atoms with E-state index in [0.717, 1.165) is 35.3 Å². The van der Waals surface area contributed by atoms with Crippen LogP contribution in [0.3, 0.4) is 0 Å². The summed E-state index contributed by atoms with van der Waals surface area (Å²) in [7, 11) is 0. The number of nitrogens with one attached hydrogen (secondary N) is 1. The van der Waals surface area contributed by atoms with Crippen molar-refractivity contribution < 1.29 is 4.79 Å². The summed E-state index contributed by atoms with van der Waals surface area (Å²) >= 11 is 7.26. The second-order valence-electron chi connectivity index (χ2n) is 5.97. The van der Waals surface area contributed by atoms with E-state index in [0.29, 0.717) is 12.4 Å². The zero-order valence-corrected chi connectivity index (χ0v) is 15.5. The number of amides is 1. The molecular formula is C16H20ClN5OS. The molecule has 2 aromatic heterocycles. The molecule has 1 N–H and O–H groups in total. The molecule has 1 aliphatic heterocycles. The lowest BCUT2D eigenvalue weighted by molar-refractivity contribution is -0.127. The number of alkyl halides is 1. The van der Waals surface area contributed by atoms with Gasteiger partial charge in [-0.15, -0.1) is 22.9 Å². The van der Waals surface area contributed by atoms with Crippen LogP contribution in [0, 0.1) is 20.8 Å². The summed E-state index contributed by atoms with van der Waals surface area (Å²) in [6.45, 7) is 7.32. The van der Waals surface area contributed by atoms with E-state index in [1.807, 2.05) is 19.9 Å². The van der Waals surface area contributed by atoms with E-state index in [2.05, 4.69) is 27.2 Å². The maximum Gasteiger partial charge on any atom is 0.237 e. The molecule has 2 aromatic rings. The van der Waals surface area contributed by atoms with Gasteiger partial charge in [0, 0.05) is 30.0 Å². The molecule has 6 nitrogen and oxygen atoms in total. The molecule has 0 aliphatic carbocycles. The number of thiazole rings is 1. The van der Waals surface area contributed by atoms with Crippen molar-refractivity contribution in [3.05, 3.63) is 28.2 Å². The lowest BCUT2D eigenvalue weighted by Crippen LogP contribution is -2.29. The second-order valence-corrected chi connectivity index (χ2v) is 7.44. The third-order valence-electron chi connectivity index (χ3n) is 4.19. The van der Waals surface area contributed by atoms with Gasteiger partial charge in [0.25, 0.3) is 0 Å². The van der Waals surface area contributed by atoms with Gasteiger partial charge < -0.3 is 10.2 Å². The lowest BCUT2D eigenvalue weighted by Gasteiger charge is -2.15. The number of likely N-dealkylation sites (tertiary alicyclic amines) is 1. The molecular weight excluding hydrogens is 346 g/mol. The summed E-state index contributed by atoms with van der Waals surface area (Å²) in [5.74, 6) is 1.69. The highest BCUT2D eigenvalue weighted by atomic mass is 35.5. The van der Waals surface area contributed by atoms with Gasteiger partial charge in [0.05, 0.1) is 11.4 Å². The van der Waals surface area contributed by atoms with E-state index in [9.17, 15) is 4.79 Å². The minimum Gasteiger partial charge on any atom is -0.341 e. The molecule has 1 aliphatic rings. The fourth-order valence-corrected chi connectivity index (χ4v) is 3.80. The zero-order valence-electron chi connectivity index (χ0n) is 14.0. The van der Waals surface area contributed by atoms with Crippen LogP contribution in [-0.4, -0.2) is 44.7 Å². The predicted octanol–water partition coefficient (Wildman–Crippen LogP) is 3.16. The fraction of sp³-hybridized carbons (Fsp3) is 0.500. The number of nitrogens with zero attached hydrogens (tertiary/aromatic N) is 4. The Hall–Kier alpha value is -1.73. The number of anilines is 2. The molecule has 1 atom stereocenters. The van der Waals surface area contributed by atoms with Crippen LogP contribution in [0.5, 0.6) is 0 Å². The van der Waals surface area contributed by atoms with Crippen molar-refractivity contribution in [3.8, 4) is 0 Å². The van der Waals surface area contributed by atoms with Crippen molar-refractivity contribution in [2.24, 2.45) is 0 Å². The van der Waals surface area contributed by atoms with Gasteiger partial charge in [0.15, 0.2) is 5.13 Å². The van der Waals surface area contributed by atoms with Gasteiger partial charge >= 0.3 is 0 Å². The molecule has 3 rings (SSSR count). The van der Waals surface area contributed by atoms with Crippen molar-refractivity contribution in [1.82, 2.24) is 19.9 Å². The topological polar surface area (TPSA) is 71.0 Å². The summed E-state index contributed by atoms with van der Waals surface area (Å²) in [5.41, 5.74) is 1.99. The Bertz CT molecular complexity index is 743. The Morgan fingerprint density at radius 3 is 2.83 bits per heavy atom. The third-order valence-corrected chi connectivity index (χ3v) is 5.41. The lowest BCUT2D eigenvalue weighted by atomic mass is 10.0. The Balaban J connectivity index is 1.78. The van der Waals surface area contributed by atoms with Crippen LogP contribution >= 0.6 is 22.9 Å². The molecule has 0 spiro atoms. The molecule has 1 saturated heterocycles. The van der Waals surface area contributed by atoms with Crippen molar-refractivity contribution in [2.75, 3.05) is 24.3 Å². The average molecular weight is 366 g/mol. The van der Waals surface area contributed by atoms with Crippen LogP contribution in [0.4, 0.5) is 10.9 Å². The molecule has 0 radical (unpaired) electrons. The van der Waals surface area contributed by atoms with Crippen LogP contribution in [0.25, 0.3) is 0 Å². The number of halogens is 1. The molecule has 0 saturated carbocycles. The summed E-state index contributed by atoms with van der Waals surface area (Å²) < 4.78 is 0. The highest BCUT2D eigenvalue weighted by Gasteiger charge is 2.28. The van der Waals surface area contributed by atoms with Gasteiger partial charge in [0.2, 0.25) is 5.91 Å². The third kappa shape index (κ3) is 3.67. The first kappa shape index (κ1) is 17.1. The van der Waals surface area contributed by atoms with Gasteiger partial charge in [-0.05, 0) is 27.2 Å². The standard InChI is InChI=1S/C16H20ClN5OS/c1-9-10(2)24-16(18-9)21-14-6-13(19-11(3)20-14)12-4-5-22(8-12)15(23)7-17/h6,12H,4-5,7-8H2,1-3H3,(H,18,19,20,21). The molecule has 128 valence electrons. The van der Waals surface area contributed by atoms with Crippen molar-refractivity contribution in [3.63, 3.8) is 0 Å². The van der Waals surface area contributed by atoms with Crippen LogP contribution < -0.4 is 5.32 Å². The number of hydrogen-bond donors (Lipinski definition) is 1. The molecule has 1 fully saturated rings. The van der Waals surface area contributed by atoms with Gasteiger partial charge in [-0.1, -0.05) is 0 Å². The average Bonchev–Trinajstić information content (AvgIpc) is 3.14. The molecule has 0 bridgehead atoms. The smallest absolute Gasteiger partial charge is 0.237 e. The van der Waals surface area contributed by atoms with E-state index < -0.39 is 0 Å². The Kier molecular flexibility index (Phi) is 5.01. The minimum absolute atomic E-state index is 0.0166. The van der Waals surface area contributed by atoms with Crippen LogP contribution in [0.1, 0.15) is 34.4 Å². The normalized spacial score (nSPS) is 17.3. The predicted molar refractivity (Wildman–Crippen MR) is 96.3 cm³/mol. The van der Waals surface area contributed by atoms with E-state index in [1.165, 1.54) is 4.88 Å². The number of aromatic nitrogens is 3. The first-order valence-electron chi connectivity index (χ1n) is 7.86. The Morgan fingerprint density at radius 2 is 2.17 bits per heavy atom. The molecule has 8 heteroatoms. The quantitative estimate of drug-likeness (QED) is 0.843. The molecule has 1 unspecified atom stereocenters. The number of carbonyl (C=O) groups is 1. The molecule has 3 heterocycles. The Labute approximate surface area is 150 Å². The summed E-state index contributed by atoms with van der Waals surface area (Å²) in [5, 5.41) is 4.10. The van der Waals surface area contributed by atoms with Gasteiger partial charge in [-0.3, -0.25) is 4.79 Å². The number of rotatable bonds is 4. The van der Waals surface area contributed by atoms with Crippen LogP contribution in [0.15, 0.2) is 6.07 Å². The first-order valence-corrected chi connectivity index (χ1v) is 9.21. The van der Waals surface area contributed by atoms with Crippen LogP contribution in [-0.2, 0) is 4.79 Å². The van der Waals surface area contributed by atoms with Crippen molar-refractivity contribution in [2.45, 2.75) is 33.1 Å². The van der Waals surface area contributed by atoms with E-state index in [1.54, 1.807) is 16.2 Å². The van der Waals surface area contributed by atoms with Gasteiger partial charge in [-0.2, -0.15) is 0 Å². The van der Waals surface area contributed by atoms with Crippen molar-refractivity contribution >= 4 is 39.8 Å². The Morgan fingerprint density at radius 1 is 1.38 bits per heavy atom. The number of hydrogen-bond acceptors (Lipinski definition) is 6. The number of carbonyl (C=O) groups excluding carboxylic acids is 1. The number of aryl methyl sites for hydroxylation is 3. The van der Waals surface area contributed by atoms with Crippen LogP contribution in [0.2, 0.25) is 0 Å². The molecule has 24 heavy (non-hydrogen) atoms. The highest BCUT2D eigenvalue weighted by Crippen LogP contribution is 2.29. The SMILES string of the molecule is Cc1nc(Nc2nc(C)c(C)s2)cc(C2CCN(C(=O)CCl)C2)n1. The largest absolute Gasteiger partial charge is 0.341 e. The second kappa shape index (κ2) is 7.03. The maximum atomic E-state index is 11.7. The van der Waals surface area contributed by atoms with Gasteiger partial charge in [0.1, 0.15) is 17.5 Å². The summed E-state index contributed by atoms with van der Waals surface area (Å²) in [6.07, 6.45) is 0.897. The van der Waals surface area contributed by atoms with E-state index in [4.69, 9.17) is 11.6 Å². The summed E-state index contributed by atoms with van der Waals surface area (Å²) in [4.78, 5) is 28.2.